The lowest BCUT2D eigenvalue weighted by Crippen LogP contribution is -1.86. The summed E-state index contributed by atoms with van der Waals surface area (Å²) < 4.78 is 4.96. The molecule has 0 aliphatic heterocycles. The van der Waals surface area contributed by atoms with Crippen molar-refractivity contribution in [1.29, 1.82) is 0 Å². The number of phenolic OH excluding ortho intramolecular Hbond substituents is 1. The Morgan fingerprint density at radius 2 is 2.14 bits per heavy atom. The van der Waals surface area contributed by atoms with Crippen LogP contribution in [-0.4, -0.2) is 12.2 Å². The van der Waals surface area contributed by atoms with Crippen molar-refractivity contribution < 1.29 is 9.84 Å². The Morgan fingerprint density at radius 1 is 1.43 bits per heavy atom. The summed E-state index contributed by atoms with van der Waals surface area (Å²) in [6.07, 6.45) is 2.97. The highest BCUT2D eigenvalue weighted by atomic mass is 16.5. The first-order valence-electron chi connectivity index (χ1n) is 4.62. The maximum absolute atomic E-state index is 9.51. The molecule has 0 spiro atoms. The Hall–Kier alpha value is -1.44. The zero-order valence-electron chi connectivity index (χ0n) is 8.87. The van der Waals surface area contributed by atoms with Gasteiger partial charge in [-0.1, -0.05) is 17.7 Å². The highest BCUT2D eigenvalue weighted by molar-refractivity contribution is 5.42. The summed E-state index contributed by atoms with van der Waals surface area (Å²) in [7, 11) is 1.55. The van der Waals surface area contributed by atoms with Crippen LogP contribution in [0.1, 0.15) is 19.4 Å². The monoisotopic (exact) mass is 192 g/mol. The van der Waals surface area contributed by atoms with E-state index in [2.05, 4.69) is 19.9 Å². The molecule has 0 aliphatic rings. The van der Waals surface area contributed by atoms with Crippen molar-refractivity contribution in [3.63, 3.8) is 0 Å². The number of aromatic hydroxyl groups is 1. The lowest BCUT2D eigenvalue weighted by Gasteiger charge is -2.04. The molecule has 0 unspecified atom stereocenters. The number of phenols is 1. The smallest absolute Gasteiger partial charge is 0.160 e. The molecule has 2 nitrogen and oxygen atoms in total. The maximum Gasteiger partial charge on any atom is 0.160 e. The third kappa shape index (κ3) is 2.80. The first kappa shape index (κ1) is 10.6. The van der Waals surface area contributed by atoms with Gasteiger partial charge in [0.25, 0.3) is 0 Å². The summed E-state index contributed by atoms with van der Waals surface area (Å²) >= 11 is 0. The van der Waals surface area contributed by atoms with Crippen LogP contribution in [0.25, 0.3) is 0 Å². The van der Waals surface area contributed by atoms with E-state index in [0.717, 1.165) is 12.0 Å². The van der Waals surface area contributed by atoms with Gasteiger partial charge in [0, 0.05) is 0 Å². The number of benzene rings is 1. The fourth-order valence-electron chi connectivity index (χ4n) is 1.18. The molecule has 0 bridgehead atoms. The van der Waals surface area contributed by atoms with Gasteiger partial charge in [-0.05, 0) is 38.0 Å². The molecule has 0 radical (unpaired) electrons. The molecule has 14 heavy (non-hydrogen) atoms. The van der Waals surface area contributed by atoms with Gasteiger partial charge in [-0.15, -0.1) is 0 Å². The zero-order chi connectivity index (χ0) is 10.6. The van der Waals surface area contributed by atoms with Crippen molar-refractivity contribution in [3.05, 3.63) is 35.4 Å². The van der Waals surface area contributed by atoms with Crippen molar-refractivity contribution in [3.8, 4) is 11.5 Å². The summed E-state index contributed by atoms with van der Waals surface area (Å²) in [4.78, 5) is 0. The van der Waals surface area contributed by atoms with E-state index in [4.69, 9.17) is 4.74 Å². The third-order valence-electron chi connectivity index (χ3n) is 1.99. The molecule has 0 aliphatic carbocycles. The third-order valence-corrected chi connectivity index (χ3v) is 1.99. The van der Waals surface area contributed by atoms with E-state index in [1.807, 2.05) is 6.07 Å². The minimum Gasteiger partial charge on any atom is -0.504 e. The molecule has 0 amide bonds. The van der Waals surface area contributed by atoms with E-state index in [1.54, 1.807) is 19.2 Å². The molecule has 1 N–H and O–H groups in total. The van der Waals surface area contributed by atoms with E-state index < -0.39 is 0 Å². The second-order valence-electron chi connectivity index (χ2n) is 3.49. The van der Waals surface area contributed by atoms with Gasteiger partial charge >= 0.3 is 0 Å². The van der Waals surface area contributed by atoms with Gasteiger partial charge in [0.15, 0.2) is 11.5 Å². The quantitative estimate of drug-likeness (QED) is 0.746. The first-order chi connectivity index (χ1) is 6.63. The van der Waals surface area contributed by atoms with Gasteiger partial charge in [0.1, 0.15) is 0 Å². The van der Waals surface area contributed by atoms with Crippen LogP contribution in [0.4, 0.5) is 0 Å². The minimum atomic E-state index is 0.201. The van der Waals surface area contributed by atoms with Gasteiger partial charge in [-0.2, -0.15) is 0 Å². The van der Waals surface area contributed by atoms with Crippen LogP contribution in [0, 0.1) is 0 Å². The zero-order valence-corrected chi connectivity index (χ0v) is 8.87. The number of hydrogen-bond acceptors (Lipinski definition) is 2. The van der Waals surface area contributed by atoms with E-state index in [-0.39, 0.29) is 5.75 Å². The second-order valence-corrected chi connectivity index (χ2v) is 3.49. The Balaban J connectivity index is 2.81. The topological polar surface area (TPSA) is 29.5 Å². The number of allylic oxidation sites excluding steroid dienone is 2. The van der Waals surface area contributed by atoms with Gasteiger partial charge in [0.2, 0.25) is 0 Å². The molecule has 1 aromatic carbocycles. The van der Waals surface area contributed by atoms with Gasteiger partial charge in [0.05, 0.1) is 7.11 Å². The molecule has 0 fully saturated rings. The summed E-state index contributed by atoms with van der Waals surface area (Å²) in [5.41, 5.74) is 2.37. The second kappa shape index (κ2) is 4.70. The summed E-state index contributed by atoms with van der Waals surface area (Å²) in [6.45, 7) is 4.12. The van der Waals surface area contributed by atoms with Crippen LogP contribution in [0.2, 0.25) is 0 Å². The Morgan fingerprint density at radius 3 is 2.64 bits per heavy atom. The average Bonchev–Trinajstić information content (AvgIpc) is 2.15. The van der Waals surface area contributed by atoms with Crippen LogP contribution in [0.3, 0.4) is 0 Å². The predicted octanol–water partition coefficient (Wildman–Crippen LogP) is 2.91. The molecule has 0 aromatic heterocycles. The van der Waals surface area contributed by atoms with Crippen LogP contribution in [-0.2, 0) is 6.42 Å². The van der Waals surface area contributed by atoms with E-state index in [0.29, 0.717) is 5.75 Å². The molecule has 0 atom stereocenters. The minimum absolute atomic E-state index is 0.201. The number of methoxy groups -OCH3 is 1. The number of hydrogen-bond donors (Lipinski definition) is 1. The number of ether oxygens (including phenoxy) is 1. The Kier molecular flexibility index (Phi) is 3.57. The molecule has 76 valence electrons. The van der Waals surface area contributed by atoms with Gasteiger partial charge in [-0.3, -0.25) is 0 Å². The SMILES string of the molecule is COc1ccc(CC=C(C)C)cc1O. The van der Waals surface area contributed by atoms with Crippen molar-refractivity contribution in [2.24, 2.45) is 0 Å². The van der Waals surface area contributed by atoms with Gasteiger partial charge in [-0.25, -0.2) is 0 Å². The van der Waals surface area contributed by atoms with E-state index >= 15 is 0 Å². The maximum atomic E-state index is 9.51. The normalized spacial score (nSPS) is 9.64. The molecule has 1 aromatic rings. The van der Waals surface area contributed by atoms with Gasteiger partial charge < -0.3 is 9.84 Å². The molecule has 2 heteroatoms. The molecular weight excluding hydrogens is 176 g/mol. The van der Waals surface area contributed by atoms with Crippen LogP contribution < -0.4 is 4.74 Å². The molecule has 0 heterocycles. The predicted molar refractivity (Wildman–Crippen MR) is 57.8 cm³/mol. The summed E-state index contributed by atoms with van der Waals surface area (Å²) in [6, 6.07) is 5.47. The highest BCUT2D eigenvalue weighted by Crippen LogP contribution is 2.26. The lowest BCUT2D eigenvalue weighted by molar-refractivity contribution is 0.373. The lowest BCUT2D eigenvalue weighted by atomic mass is 10.1. The molecule has 0 saturated heterocycles. The molecular formula is C12H16O2. The van der Waals surface area contributed by atoms with Crippen molar-refractivity contribution in [2.45, 2.75) is 20.3 Å². The highest BCUT2D eigenvalue weighted by Gasteiger charge is 2.00. The van der Waals surface area contributed by atoms with Crippen LogP contribution in [0.15, 0.2) is 29.8 Å². The average molecular weight is 192 g/mol. The van der Waals surface area contributed by atoms with Crippen LogP contribution >= 0.6 is 0 Å². The summed E-state index contributed by atoms with van der Waals surface area (Å²) in [5, 5.41) is 9.51. The Bertz CT molecular complexity index is 336. The van der Waals surface area contributed by atoms with Crippen molar-refractivity contribution >= 4 is 0 Å². The Labute approximate surface area is 84.8 Å². The standard InChI is InChI=1S/C12H16O2/c1-9(2)4-5-10-6-7-12(14-3)11(13)8-10/h4,6-8,13H,5H2,1-3H3. The first-order valence-corrected chi connectivity index (χ1v) is 4.62. The molecule has 1 rings (SSSR count). The fourth-order valence-corrected chi connectivity index (χ4v) is 1.18. The fraction of sp³-hybridized carbons (Fsp3) is 0.333. The molecule has 0 saturated carbocycles. The van der Waals surface area contributed by atoms with E-state index in [1.165, 1.54) is 5.57 Å². The van der Waals surface area contributed by atoms with Crippen molar-refractivity contribution in [2.75, 3.05) is 7.11 Å². The van der Waals surface area contributed by atoms with Crippen molar-refractivity contribution in [1.82, 2.24) is 0 Å². The summed E-state index contributed by atoms with van der Waals surface area (Å²) in [5.74, 6) is 0.720. The van der Waals surface area contributed by atoms with Crippen LogP contribution in [0.5, 0.6) is 11.5 Å². The number of rotatable bonds is 3. The van der Waals surface area contributed by atoms with E-state index in [9.17, 15) is 5.11 Å². The largest absolute Gasteiger partial charge is 0.504 e.